The van der Waals surface area contributed by atoms with Crippen molar-refractivity contribution in [3.8, 4) is 11.8 Å². The number of piperidine rings is 2. The summed E-state index contributed by atoms with van der Waals surface area (Å²) in [5.41, 5.74) is 2.23. The van der Waals surface area contributed by atoms with Crippen LogP contribution in [0.25, 0.3) is 16.6 Å². The van der Waals surface area contributed by atoms with Crippen LogP contribution in [0, 0.1) is 17.8 Å². The summed E-state index contributed by atoms with van der Waals surface area (Å²) >= 11 is 0. The summed E-state index contributed by atoms with van der Waals surface area (Å²) in [7, 11) is 0. The number of carbonyl (C=O) groups is 3. The van der Waals surface area contributed by atoms with Crippen LogP contribution in [0.4, 0.5) is 24.7 Å². The minimum atomic E-state index is -2.90. The predicted octanol–water partition coefficient (Wildman–Crippen LogP) is 5.14. The fraction of sp³-hybridized carbons (Fsp3) is 0.553. The molecule has 1 unspecified atom stereocenters. The monoisotopic (exact) mass is 923 g/mol. The number of hydrogen-bond acceptors (Lipinski definition) is 12. The van der Waals surface area contributed by atoms with Gasteiger partial charge in [0.05, 0.1) is 72.1 Å². The number of halogens is 3. The quantitative estimate of drug-likeness (QED) is 0.118. The first-order chi connectivity index (χ1) is 32.6. The van der Waals surface area contributed by atoms with Crippen LogP contribution in [-0.4, -0.2) is 134 Å². The lowest BCUT2D eigenvalue weighted by Gasteiger charge is -2.42. The fourth-order valence-corrected chi connectivity index (χ4v) is 10.2. The highest BCUT2D eigenvalue weighted by atomic mass is 19.3. The van der Waals surface area contributed by atoms with Gasteiger partial charge in [-0.1, -0.05) is 24.0 Å². The second-order valence-electron chi connectivity index (χ2n) is 18.8. The third kappa shape index (κ3) is 9.01. The molecule has 11 rings (SSSR count). The summed E-state index contributed by atoms with van der Waals surface area (Å²) in [6.07, 6.45) is 6.45. The van der Waals surface area contributed by atoms with Crippen LogP contribution in [-0.2, 0) is 23.8 Å². The van der Waals surface area contributed by atoms with Gasteiger partial charge in [0.2, 0.25) is 11.8 Å². The third-order valence-corrected chi connectivity index (χ3v) is 14.1. The Kier molecular flexibility index (Phi) is 11.9. The van der Waals surface area contributed by atoms with Crippen LogP contribution >= 0.6 is 0 Å². The molecule has 0 spiro atoms. The minimum Gasteiger partial charge on any atom is -0.376 e. The van der Waals surface area contributed by atoms with Crippen LogP contribution < -0.4 is 15.5 Å². The lowest BCUT2D eigenvalue weighted by Crippen LogP contribution is -2.56. The lowest BCUT2D eigenvalue weighted by atomic mass is 9.85. The Morgan fingerprint density at radius 3 is 2.55 bits per heavy atom. The maximum absolute atomic E-state index is 15.6. The van der Waals surface area contributed by atoms with Gasteiger partial charge < -0.3 is 24.4 Å². The zero-order valence-electron chi connectivity index (χ0n) is 36.9. The molecular weight excluding hydrogens is 872 g/mol. The highest BCUT2D eigenvalue weighted by Gasteiger charge is 2.37. The molecule has 3 amide bonds. The summed E-state index contributed by atoms with van der Waals surface area (Å²) < 4.78 is 66.4. The number of ether oxygens (including phenoxy) is 3. The van der Waals surface area contributed by atoms with Crippen molar-refractivity contribution in [1.29, 1.82) is 0 Å². The van der Waals surface area contributed by atoms with Crippen molar-refractivity contribution in [3.63, 3.8) is 0 Å². The average molecular weight is 924 g/mol. The van der Waals surface area contributed by atoms with Crippen molar-refractivity contribution in [1.82, 2.24) is 44.4 Å². The molecule has 1 aromatic carbocycles. The molecule has 3 atom stereocenters. The molecule has 8 heterocycles. The number of rotatable bonds is 13. The highest BCUT2D eigenvalue weighted by Crippen LogP contribution is 2.41. The van der Waals surface area contributed by atoms with Gasteiger partial charge in [0.25, 0.3) is 12.3 Å². The third-order valence-electron chi connectivity index (χ3n) is 14.1. The molecule has 4 saturated heterocycles. The number of nitrogens with zero attached hydrogens (tertiary/aromatic N) is 9. The number of amides is 3. The Bertz CT molecular complexity index is 2740. The van der Waals surface area contributed by atoms with Crippen LogP contribution in [0.5, 0.6) is 0 Å². The van der Waals surface area contributed by atoms with Gasteiger partial charge in [-0.15, -0.1) is 0 Å². The van der Waals surface area contributed by atoms with Gasteiger partial charge >= 0.3 is 0 Å². The molecule has 352 valence electrons. The minimum absolute atomic E-state index is 0.0515. The number of fused-ring (bicyclic) bond motifs is 2. The van der Waals surface area contributed by atoms with E-state index in [2.05, 4.69) is 42.6 Å². The zero-order chi connectivity index (χ0) is 45.8. The van der Waals surface area contributed by atoms with Gasteiger partial charge in [-0.05, 0) is 69.4 Å². The van der Waals surface area contributed by atoms with Crippen LogP contribution in [0.15, 0.2) is 42.9 Å². The number of para-hydroxylation sites is 1. The van der Waals surface area contributed by atoms with E-state index in [0.29, 0.717) is 81.6 Å². The molecule has 2 saturated carbocycles. The molecule has 6 aliphatic rings. The van der Waals surface area contributed by atoms with E-state index >= 15 is 4.39 Å². The summed E-state index contributed by atoms with van der Waals surface area (Å²) in [6.45, 7) is 4.29. The van der Waals surface area contributed by atoms with Crippen molar-refractivity contribution < 1.29 is 41.8 Å². The molecule has 6 fully saturated rings. The molecule has 67 heavy (non-hydrogen) atoms. The molecule has 4 aliphatic heterocycles. The van der Waals surface area contributed by atoms with E-state index in [0.717, 1.165) is 48.7 Å². The molecule has 20 heteroatoms. The molecule has 0 bridgehead atoms. The number of likely N-dealkylation sites (tertiary alicyclic amines) is 1. The number of alkyl halides is 3. The Labute approximate surface area is 383 Å². The van der Waals surface area contributed by atoms with E-state index in [1.54, 1.807) is 10.9 Å². The van der Waals surface area contributed by atoms with Crippen LogP contribution in [0.3, 0.4) is 0 Å². The first-order valence-corrected chi connectivity index (χ1v) is 23.4. The van der Waals surface area contributed by atoms with Gasteiger partial charge in [0, 0.05) is 56.9 Å². The van der Waals surface area contributed by atoms with Crippen molar-refractivity contribution >= 4 is 45.8 Å². The topological polar surface area (TPSA) is 175 Å². The van der Waals surface area contributed by atoms with Gasteiger partial charge in [-0.25, -0.2) is 22.7 Å². The molecule has 5 aromatic rings. The van der Waals surface area contributed by atoms with Gasteiger partial charge in [-0.2, -0.15) is 15.3 Å². The second kappa shape index (κ2) is 18.3. The number of imide groups is 1. The number of benzene rings is 1. The van der Waals surface area contributed by atoms with Crippen LogP contribution in [0.1, 0.15) is 110 Å². The van der Waals surface area contributed by atoms with Gasteiger partial charge in [0.1, 0.15) is 30.3 Å². The Morgan fingerprint density at radius 1 is 0.985 bits per heavy atom. The summed E-state index contributed by atoms with van der Waals surface area (Å²) in [6, 6.07) is 7.70. The largest absolute Gasteiger partial charge is 0.376 e. The van der Waals surface area contributed by atoms with Crippen molar-refractivity contribution in [3.05, 3.63) is 65.4 Å². The Morgan fingerprint density at radius 2 is 1.81 bits per heavy atom. The molecule has 2 N–H and O–H groups in total. The predicted molar refractivity (Wildman–Crippen MR) is 237 cm³/mol. The van der Waals surface area contributed by atoms with Gasteiger partial charge in [-0.3, -0.25) is 34.0 Å². The summed E-state index contributed by atoms with van der Waals surface area (Å²) in [4.78, 5) is 47.0. The number of anilines is 2. The van der Waals surface area contributed by atoms with E-state index in [-0.39, 0.29) is 66.9 Å². The number of hydrogen-bond donors (Lipinski definition) is 2. The van der Waals surface area contributed by atoms with Crippen molar-refractivity contribution in [2.45, 2.75) is 107 Å². The van der Waals surface area contributed by atoms with Crippen molar-refractivity contribution in [2.75, 3.05) is 62.8 Å². The number of nitrogens with one attached hydrogen (secondary N) is 2. The van der Waals surface area contributed by atoms with E-state index < -0.39 is 36.2 Å². The summed E-state index contributed by atoms with van der Waals surface area (Å²) in [5.74, 6) is 5.61. The Hall–Kier alpha value is -5.88. The highest BCUT2D eigenvalue weighted by molar-refractivity contribution is 6.08. The summed E-state index contributed by atoms with van der Waals surface area (Å²) in [5, 5.41) is 19.4. The normalized spacial score (nSPS) is 25.3. The average Bonchev–Trinajstić information content (AvgIpc) is 3.71. The molecule has 4 aromatic heterocycles. The first kappa shape index (κ1) is 43.7. The molecule has 0 radical (unpaired) electrons. The van der Waals surface area contributed by atoms with E-state index in [9.17, 15) is 23.2 Å². The number of aromatic nitrogens is 7. The van der Waals surface area contributed by atoms with Crippen molar-refractivity contribution in [2.24, 2.45) is 5.92 Å². The number of carbonyl (C=O) groups excluding carboxylic acids is 3. The molecule has 2 aliphatic carbocycles. The first-order valence-electron chi connectivity index (χ1n) is 23.4. The smallest absolute Gasteiger partial charge is 0.284 e. The SMILES string of the molecule is O=C1CCC(c2nn(C3CC3)c3c(C#CCO[C@H]4CCN(C[C@H]5CC[C@H](n6cc(NC(=O)c7cnn8ccc(N9CC(OC%10COC%10)C9)nc78)c(C(F)F)n6)CC5)C[C@H]4F)cccc23)C(=O)N1. The maximum Gasteiger partial charge on any atom is 0.284 e. The molecular formula is C47H52F3N11O6. The fourth-order valence-electron chi connectivity index (χ4n) is 10.2. The Balaban J connectivity index is 0.659. The standard InChI is InChI=1S/C47H52F3N11O6/c48-36-23-57(16-14-38(36)66-18-2-4-28-3-1-5-33-41(34-12-13-40(62)54-46(34)63)56-61(43(28)33)30-10-11-30)20-27-6-8-29(9-7-27)60-24-37(42(55-60)44(49)50)52-47(64)35-19-51-59-17-15-39(53-45(35)59)58-21-31(22-58)67-32-25-65-26-32/h1,3,5,15,17,19,24,27,29-32,34,36,38,44H,6-14,16,18,20-23,25-26H2,(H,52,64)(H,54,62,63)/t27-,29-,34?,36-,38+/m1/s1. The maximum atomic E-state index is 15.6. The van der Waals surface area contributed by atoms with E-state index in [1.807, 2.05) is 33.8 Å². The van der Waals surface area contributed by atoms with Crippen LogP contribution in [0.2, 0.25) is 0 Å². The van der Waals surface area contributed by atoms with Gasteiger partial charge in [0.15, 0.2) is 11.3 Å². The lowest BCUT2D eigenvalue weighted by molar-refractivity contribution is -0.158. The van der Waals surface area contributed by atoms with E-state index in [4.69, 9.17) is 19.3 Å². The molecule has 17 nitrogen and oxygen atoms in total. The second-order valence-corrected chi connectivity index (χ2v) is 18.8. The zero-order valence-corrected chi connectivity index (χ0v) is 36.9. The van der Waals surface area contributed by atoms with E-state index in [1.165, 1.54) is 16.9 Å².